The summed E-state index contributed by atoms with van der Waals surface area (Å²) < 4.78 is 0. The Morgan fingerprint density at radius 1 is 1.53 bits per heavy atom. The van der Waals surface area contributed by atoms with Crippen molar-refractivity contribution >= 4 is 11.8 Å². The van der Waals surface area contributed by atoms with Gasteiger partial charge in [-0.15, -0.1) is 0 Å². The molecule has 1 heterocycles. The molecule has 0 saturated carbocycles. The smallest absolute Gasteiger partial charge is 0.236 e. The van der Waals surface area contributed by atoms with Gasteiger partial charge in [0.2, 0.25) is 11.8 Å². The van der Waals surface area contributed by atoms with Gasteiger partial charge in [0, 0.05) is 33.6 Å². The summed E-state index contributed by atoms with van der Waals surface area (Å²) in [5, 5.41) is 3.05. The van der Waals surface area contributed by atoms with Gasteiger partial charge in [-0.05, 0) is 13.0 Å². The number of amides is 2. The summed E-state index contributed by atoms with van der Waals surface area (Å²) in [5.74, 6) is 0.166. The molecule has 2 amide bonds. The molecule has 1 fully saturated rings. The summed E-state index contributed by atoms with van der Waals surface area (Å²) in [4.78, 5) is 26.2. The minimum atomic E-state index is 0.0695. The first-order valence-electron chi connectivity index (χ1n) is 5.30. The van der Waals surface area contributed by atoms with E-state index < -0.39 is 0 Å². The predicted molar refractivity (Wildman–Crippen MR) is 57.4 cm³/mol. The molecule has 1 saturated heterocycles. The van der Waals surface area contributed by atoms with Gasteiger partial charge in [0.1, 0.15) is 0 Å². The quantitative estimate of drug-likeness (QED) is 0.673. The highest BCUT2D eigenvalue weighted by molar-refractivity contribution is 5.80. The van der Waals surface area contributed by atoms with E-state index in [0.29, 0.717) is 19.5 Å². The molecule has 1 N–H and O–H groups in total. The predicted octanol–water partition coefficient (Wildman–Crippen LogP) is -0.713. The van der Waals surface area contributed by atoms with Gasteiger partial charge < -0.3 is 15.1 Å². The Labute approximate surface area is 90.4 Å². The Balaban J connectivity index is 2.35. The Morgan fingerprint density at radius 2 is 2.27 bits per heavy atom. The highest BCUT2D eigenvalue weighted by Crippen LogP contribution is 1.99. The van der Waals surface area contributed by atoms with E-state index in [-0.39, 0.29) is 11.8 Å². The molecular formula is C10H19N3O2. The summed E-state index contributed by atoms with van der Waals surface area (Å²) in [6, 6.07) is 0. The molecule has 1 aliphatic rings. The van der Waals surface area contributed by atoms with Crippen LogP contribution in [0.2, 0.25) is 0 Å². The van der Waals surface area contributed by atoms with E-state index in [1.54, 1.807) is 23.9 Å². The van der Waals surface area contributed by atoms with E-state index in [9.17, 15) is 9.59 Å². The van der Waals surface area contributed by atoms with Crippen LogP contribution in [-0.2, 0) is 9.59 Å². The lowest BCUT2D eigenvalue weighted by Gasteiger charge is -2.20. The Kier molecular flexibility index (Phi) is 4.55. The molecule has 0 aliphatic carbocycles. The topological polar surface area (TPSA) is 52.7 Å². The molecule has 0 spiro atoms. The van der Waals surface area contributed by atoms with Crippen LogP contribution in [0.25, 0.3) is 0 Å². The standard InChI is InChI=1S/C10H19N3O2/c1-12(2)9(14)4-7-13-6-3-5-11-8-10(13)15/h11H,3-8H2,1-2H3. The van der Waals surface area contributed by atoms with Crippen molar-refractivity contribution in [3.05, 3.63) is 0 Å². The van der Waals surface area contributed by atoms with Gasteiger partial charge >= 0.3 is 0 Å². The summed E-state index contributed by atoms with van der Waals surface area (Å²) in [6.45, 7) is 2.57. The zero-order valence-corrected chi connectivity index (χ0v) is 9.45. The van der Waals surface area contributed by atoms with E-state index in [4.69, 9.17) is 0 Å². The normalized spacial score (nSPS) is 17.5. The van der Waals surface area contributed by atoms with Crippen LogP contribution in [0.15, 0.2) is 0 Å². The van der Waals surface area contributed by atoms with E-state index in [1.165, 1.54) is 0 Å². The Hall–Kier alpha value is -1.10. The van der Waals surface area contributed by atoms with E-state index >= 15 is 0 Å². The van der Waals surface area contributed by atoms with Gasteiger partial charge in [0.05, 0.1) is 6.54 Å². The van der Waals surface area contributed by atoms with Crippen LogP contribution < -0.4 is 5.32 Å². The third-order valence-electron chi connectivity index (χ3n) is 2.50. The highest BCUT2D eigenvalue weighted by Gasteiger charge is 2.17. The van der Waals surface area contributed by atoms with Crippen molar-refractivity contribution in [3.63, 3.8) is 0 Å². The number of nitrogens with one attached hydrogen (secondary N) is 1. The molecular weight excluding hydrogens is 194 g/mol. The SMILES string of the molecule is CN(C)C(=O)CCN1CCCNCC1=O. The molecule has 1 aliphatic heterocycles. The maximum absolute atomic E-state index is 11.5. The van der Waals surface area contributed by atoms with E-state index in [2.05, 4.69) is 5.32 Å². The van der Waals surface area contributed by atoms with E-state index in [1.807, 2.05) is 0 Å². The number of rotatable bonds is 3. The second-order valence-corrected chi connectivity index (χ2v) is 3.95. The number of carbonyl (C=O) groups excluding carboxylic acids is 2. The second kappa shape index (κ2) is 5.70. The molecule has 5 heteroatoms. The first-order valence-corrected chi connectivity index (χ1v) is 5.30. The monoisotopic (exact) mass is 213 g/mol. The molecule has 0 aromatic heterocycles. The van der Waals surface area contributed by atoms with Crippen LogP contribution >= 0.6 is 0 Å². The van der Waals surface area contributed by atoms with Gasteiger partial charge in [-0.1, -0.05) is 0 Å². The largest absolute Gasteiger partial charge is 0.349 e. The summed E-state index contributed by atoms with van der Waals surface area (Å²) in [5.41, 5.74) is 0. The molecule has 5 nitrogen and oxygen atoms in total. The van der Waals surface area contributed by atoms with Crippen molar-refractivity contribution in [3.8, 4) is 0 Å². The van der Waals surface area contributed by atoms with Crippen molar-refractivity contribution in [2.75, 3.05) is 40.3 Å². The van der Waals surface area contributed by atoms with Gasteiger partial charge in [0.15, 0.2) is 0 Å². The van der Waals surface area contributed by atoms with Crippen molar-refractivity contribution in [1.29, 1.82) is 0 Å². The number of nitrogens with zero attached hydrogens (tertiary/aromatic N) is 2. The average molecular weight is 213 g/mol. The van der Waals surface area contributed by atoms with Crippen LogP contribution in [0.1, 0.15) is 12.8 Å². The van der Waals surface area contributed by atoms with Gasteiger partial charge in [-0.25, -0.2) is 0 Å². The zero-order chi connectivity index (χ0) is 11.3. The second-order valence-electron chi connectivity index (χ2n) is 3.95. The fraction of sp³-hybridized carbons (Fsp3) is 0.800. The fourth-order valence-corrected chi connectivity index (χ4v) is 1.52. The molecule has 1 rings (SSSR count). The van der Waals surface area contributed by atoms with Gasteiger partial charge in [-0.2, -0.15) is 0 Å². The highest BCUT2D eigenvalue weighted by atomic mass is 16.2. The third-order valence-corrected chi connectivity index (χ3v) is 2.50. The van der Waals surface area contributed by atoms with Crippen molar-refractivity contribution in [1.82, 2.24) is 15.1 Å². The van der Waals surface area contributed by atoms with Crippen LogP contribution in [-0.4, -0.2) is 61.9 Å². The molecule has 0 unspecified atom stereocenters. The number of hydrogen-bond donors (Lipinski definition) is 1. The third kappa shape index (κ3) is 3.87. The maximum Gasteiger partial charge on any atom is 0.236 e. The van der Waals surface area contributed by atoms with Gasteiger partial charge in [-0.3, -0.25) is 9.59 Å². The Bertz CT molecular complexity index is 241. The van der Waals surface area contributed by atoms with Gasteiger partial charge in [0.25, 0.3) is 0 Å². The first-order chi connectivity index (χ1) is 7.11. The molecule has 15 heavy (non-hydrogen) atoms. The minimum Gasteiger partial charge on any atom is -0.349 e. The molecule has 0 atom stereocenters. The maximum atomic E-state index is 11.5. The Morgan fingerprint density at radius 3 is 2.93 bits per heavy atom. The van der Waals surface area contributed by atoms with Crippen LogP contribution in [0.3, 0.4) is 0 Å². The van der Waals surface area contributed by atoms with E-state index in [0.717, 1.165) is 19.5 Å². The summed E-state index contributed by atoms with van der Waals surface area (Å²) in [7, 11) is 3.46. The molecule has 86 valence electrons. The zero-order valence-electron chi connectivity index (χ0n) is 9.45. The molecule has 0 aromatic rings. The van der Waals surface area contributed by atoms with Crippen LogP contribution in [0.4, 0.5) is 0 Å². The molecule has 0 radical (unpaired) electrons. The average Bonchev–Trinajstić information content (AvgIpc) is 2.39. The molecule has 0 bridgehead atoms. The lowest BCUT2D eigenvalue weighted by atomic mass is 10.3. The number of carbonyl (C=O) groups is 2. The first kappa shape index (κ1) is 12.0. The number of hydrogen-bond acceptors (Lipinski definition) is 3. The lowest BCUT2D eigenvalue weighted by Crippen LogP contribution is -2.37. The van der Waals surface area contributed by atoms with Crippen LogP contribution in [0, 0.1) is 0 Å². The fourth-order valence-electron chi connectivity index (χ4n) is 1.52. The lowest BCUT2D eigenvalue weighted by molar-refractivity contribution is -0.132. The summed E-state index contributed by atoms with van der Waals surface area (Å²) >= 11 is 0. The minimum absolute atomic E-state index is 0.0695. The van der Waals surface area contributed by atoms with Crippen molar-refractivity contribution in [2.45, 2.75) is 12.8 Å². The molecule has 0 aromatic carbocycles. The van der Waals surface area contributed by atoms with Crippen LogP contribution in [0.5, 0.6) is 0 Å². The van der Waals surface area contributed by atoms with Crippen molar-refractivity contribution < 1.29 is 9.59 Å². The van der Waals surface area contributed by atoms with Crippen molar-refractivity contribution in [2.24, 2.45) is 0 Å². The summed E-state index contributed by atoms with van der Waals surface area (Å²) in [6.07, 6.45) is 1.38.